The Balaban J connectivity index is 1.62. The van der Waals surface area contributed by atoms with Crippen molar-refractivity contribution < 1.29 is 0 Å². The minimum absolute atomic E-state index is 0.380. The lowest BCUT2D eigenvalue weighted by Gasteiger charge is -2.28. The summed E-state index contributed by atoms with van der Waals surface area (Å²) in [7, 11) is 0. The van der Waals surface area contributed by atoms with Gasteiger partial charge in [-0.15, -0.1) is 0 Å². The van der Waals surface area contributed by atoms with Crippen LogP contribution in [0, 0.1) is 25.7 Å². The van der Waals surface area contributed by atoms with Crippen LogP contribution in [0.3, 0.4) is 0 Å². The van der Waals surface area contributed by atoms with Crippen molar-refractivity contribution in [3.8, 4) is 11.1 Å². The van der Waals surface area contributed by atoms with Crippen LogP contribution in [0.2, 0.25) is 0 Å². The number of hydrogen-bond acceptors (Lipinski definition) is 0. The molecule has 1 aliphatic rings. The molecule has 1 heteroatoms. The fourth-order valence-corrected chi connectivity index (χ4v) is 8.66. The summed E-state index contributed by atoms with van der Waals surface area (Å²) in [6.45, 7) is 37.4. The van der Waals surface area contributed by atoms with E-state index >= 15 is 0 Å². The maximum absolute atomic E-state index is 4.86. The summed E-state index contributed by atoms with van der Waals surface area (Å²) in [5.74, 6) is 2.27. The summed E-state index contributed by atoms with van der Waals surface area (Å²) < 4.78 is 2.54. The number of pyridine rings is 1. The number of rotatable bonds is 7. The van der Waals surface area contributed by atoms with E-state index in [0.717, 1.165) is 17.2 Å². The average molecular weight is 672 g/mol. The maximum atomic E-state index is 4.86. The maximum Gasteiger partial charge on any atom is 0.0620 e. The van der Waals surface area contributed by atoms with Gasteiger partial charge in [-0.05, 0) is 148 Å². The number of hydrogen-bond donors (Lipinski definition) is 0. The van der Waals surface area contributed by atoms with Crippen molar-refractivity contribution >= 4 is 50.2 Å². The predicted octanol–water partition coefficient (Wildman–Crippen LogP) is 14.1. The molecule has 0 bridgehead atoms. The first-order chi connectivity index (χ1) is 24.1. The van der Waals surface area contributed by atoms with Crippen LogP contribution < -0.4 is 5.22 Å². The zero-order valence-electron chi connectivity index (χ0n) is 33.2. The van der Waals surface area contributed by atoms with E-state index in [0.29, 0.717) is 29.6 Å². The Morgan fingerprint density at radius 1 is 0.706 bits per heavy atom. The van der Waals surface area contributed by atoms with Crippen molar-refractivity contribution in [1.82, 2.24) is 4.40 Å². The van der Waals surface area contributed by atoms with Crippen molar-refractivity contribution in [2.24, 2.45) is 11.8 Å². The van der Waals surface area contributed by atoms with Crippen LogP contribution in [0.15, 0.2) is 84.0 Å². The lowest BCUT2D eigenvalue weighted by atomic mass is 9.77. The van der Waals surface area contributed by atoms with Crippen LogP contribution >= 0.6 is 0 Å². The fourth-order valence-electron chi connectivity index (χ4n) is 8.66. The highest BCUT2D eigenvalue weighted by Crippen LogP contribution is 2.46. The molecule has 0 saturated heterocycles. The summed E-state index contributed by atoms with van der Waals surface area (Å²) in [5.41, 5.74) is 19.8. The highest BCUT2D eigenvalue weighted by Gasteiger charge is 2.26. The third-order valence-corrected chi connectivity index (χ3v) is 12.3. The highest BCUT2D eigenvalue weighted by atomic mass is 14.9. The predicted molar refractivity (Wildman–Crippen MR) is 226 cm³/mol. The Bertz CT molecular complexity index is 2520. The van der Waals surface area contributed by atoms with E-state index in [4.69, 9.17) is 13.2 Å². The van der Waals surface area contributed by atoms with Gasteiger partial charge in [-0.2, -0.15) is 0 Å². The molecule has 0 radical (unpaired) electrons. The molecule has 4 aromatic carbocycles. The normalized spacial score (nSPS) is 15.7. The molecule has 0 saturated carbocycles. The third-order valence-electron chi connectivity index (χ3n) is 12.3. The van der Waals surface area contributed by atoms with Gasteiger partial charge in [0.05, 0.1) is 16.6 Å². The number of aromatic nitrogens is 1. The largest absolute Gasteiger partial charge is 0.308 e. The van der Waals surface area contributed by atoms with Crippen molar-refractivity contribution in [3.05, 3.63) is 123 Å². The molecule has 0 aliphatic heterocycles. The number of fused-ring (bicyclic) bond motifs is 5. The molecule has 2 aromatic heterocycles. The smallest absolute Gasteiger partial charge is 0.0620 e. The van der Waals surface area contributed by atoms with Gasteiger partial charge in [0.2, 0.25) is 0 Å². The van der Waals surface area contributed by atoms with Gasteiger partial charge in [0.25, 0.3) is 0 Å². The van der Waals surface area contributed by atoms with E-state index in [2.05, 4.69) is 148 Å². The van der Waals surface area contributed by atoms with Gasteiger partial charge in [0.15, 0.2) is 0 Å². The molecule has 0 N–H and O–H groups in total. The van der Waals surface area contributed by atoms with Gasteiger partial charge in [0.1, 0.15) is 0 Å². The second kappa shape index (κ2) is 12.7. The van der Waals surface area contributed by atoms with Gasteiger partial charge in [-0.3, -0.25) is 0 Å². The topological polar surface area (TPSA) is 4.41 Å². The standard InChI is InChI=1S/C50H57N/c1-26(2)36-16-18-46-42(20-36)35(14)44-24-39(29(7)8)25-45-49-47(51(46)50(44)45)17-15-30(9)48(49)43-23-38(28(5)6)22-41(34(43)13)33(12)40-21-37(27(3)4)19-31(10)32(40)11/h15-18,20-29,31H,12,14,19H2,1-11,13H3. The van der Waals surface area contributed by atoms with E-state index in [-0.39, 0.29) is 0 Å². The van der Waals surface area contributed by atoms with E-state index in [9.17, 15) is 0 Å². The molecule has 1 unspecified atom stereocenters. The molecule has 51 heavy (non-hydrogen) atoms. The number of nitrogens with zero attached hydrogens (tertiary/aromatic N) is 1. The van der Waals surface area contributed by atoms with Crippen LogP contribution in [0.5, 0.6) is 0 Å². The van der Waals surface area contributed by atoms with E-state index < -0.39 is 0 Å². The first-order valence-corrected chi connectivity index (χ1v) is 19.3. The molecule has 0 spiro atoms. The monoisotopic (exact) mass is 671 g/mol. The zero-order chi connectivity index (χ0) is 36.8. The number of allylic oxidation sites excluding steroid dienone is 5. The molecule has 1 aliphatic carbocycles. The van der Waals surface area contributed by atoms with E-state index in [1.807, 2.05) is 0 Å². The molecule has 1 atom stereocenters. The molecule has 6 aromatic rings. The van der Waals surface area contributed by atoms with Gasteiger partial charge < -0.3 is 4.40 Å². The van der Waals surface area contributed by atoms with Crippen molar-refractivity contribution in [1.29, 1.82) is 0 Å². The second-order valence-electron chi connectivity index (χ2n) is 17.0. The Morgan fingerprint density at radius 3 is 1.96 bits per heavy atom. The Labute approximate surface area is 306 Å². The van der Waals surface area contributed by atoms with Crippen LogP contribution in [0.25, 0.3) is 61.4 Å². The van der Waals surface area contributed by atoms with Crippen LogP contribution in [-0.2, 0) is 0 Å². The SMILES string of the molecule is C=C(C1=C(C)C(C)CC(C(C)C)=C1)c1cc(C(C)C)cc(-c2c(C)ccc3c2c2cc(C(C)C)cc4c(=C)c5cc(C(C)C)ccc5n3c42)c1C. The number of aryl methyl sites for hydroxylation is 1. The lowest BCUT2D eigenvalue weighted by Crippen LogP contribution is -2.12. The van der Waals surface area contributed by atoms with Gasteiger partial charge in [0, 0.05) is 21.5 Å². The molecular formula is C50H57N. The molecule has 1 nitrogen and oxygen atoms in total. The molecule has 262 valence electrons. The molecule has 7 rings (SSSR count). The van der Waals surface area contributed by atoms with Gasteiger partial charge >= 0.3 is 0 Å². The lowest BCUT2D eigenvalue weighted by molar-refractivity contribution is 0.594. The summed E-state index contributed by atoms with van der Waals surface area (Å²) in [4.78, 5) is 0. The Kier molecular flexibility index (Phi) is 8.73. The van der Waals surface area contributed by atoms with Crippen molar-refractivity contribution in [2.45, 2.75) is 107 Å². The van der Waals surface area contributed by atoms with Crippen LogP contribution in [0.4, 0.5) is 0 Å². The van der Waals surface area contributed by atoms with Crippen LogP contribution in [-0.4, -0.2) is 4.40 Å². The molecule has 0 fully saturated rings. The minimum atomic E-state index is 0.380. The minimum Gasteiger partial charge on any atom is -0.308 e. The third kappa shape index (κ3) is 5.51. The van der Waals surface area contributed by atoms with Crippen molar-refractivity contribution in [3.63, 3.8) is 0 Å². The van der Waals surface area contributed by atoms with Gasteiger partial charge in [-0.25, -0.2) is 0 Å². The summed E-state index contributed by atoms with van der Waals surface area (Å²) in [5, 5.41) is 6.29. The quantitative estimate of drug-likeness (QED) is 0.149. The fraction of sp³-hybridized carbons (Fsp3) is 0.360. The number of benzene rings is 4. The van der Waals surface area contributed by atoms with Gasteiger partial charge in [-0.1, -0.05) is 117 Å². The highest BCUT2D eigenvalue weighted by molar-refractivity contribution is 6.22. The molecule has 0 amide bonds. The zero-order valence-corrected chi connectivity index (χ0v) is 33.2. The van der Waals surface area contributed by atoms with E-state index in [1.165, 1.54) is 99.3 Å². The summed E-state index contributed by atoms with van der Waals surface area (Å²) in [6, 6.07) is 21.5. The summed E-state index contributed by atoms with van der Waals surface area (Å²) >= 11 is 0. The van der Waals surface area contributed by atoms with E-state index in [1.54, 1.807) is 0 Å². The molecular weight excluding hydrogens is 615 g/mol. The summed E-state index contributed by atoms with van der Waals surface area (Å²) in [6.07, 6.45) is 3.60. The first-order valence-electron chi connectivity index (χ1n) is 19.3. The second-order valence-corrected chi connectivity index (χ2v) is 17.0. The Hall–Kier alpha value is -4.36. The average Bonchev–Trinajstić information content (AvgIpc) is 3.42. The Morgan fingerprint density at radius 2 is 1.31 bits per heavy atom. The molecule has 2 heterocycles. The van der Waals surface area contributed by atoms with Crippen LogP contribution in [0.1, 0.15) is 127 Å². The van der Waals surface area contributed by atoms with Crippen molar-refractivity contribution in [2.75, 3.05) is 0 Å². The first kappa shape index (κ1) is 35.1.